The number of piperazine rings is 1. The molecule has 0 radical (unpaired) electrons. The van der Waals surface area contributed by atoms with E-state index in [0.717, 1.165) is 31.9 Å². The summed E-state index contributed by atoms with van der Waals surface area (Å²) in [6.07, 6.45) is 2.04. The molecule has 2 heterocycles. The van der Waals surface area contributed by atoms with Gasteiger partial charge in [0.25, 0.3) is 0 Å². The number of hydrogen-bond donors (Lipinski definition) is 0. The Labute approximate surface area is 108 Å². The van der Waals surface area contributed by atoms with E-state index in [0.29, 0.717) is 0 Å². The quantitative estimate of drug-likeness (QED) is 0.796. The van der Waals surface area contributed by atoms with E-state index in [4.69, 9.17) is 0 Å². The highest BCUT2D eigenvalue weighted by molar-refractivity contribution is 5.82. The monoisotopic (exact) mass is 250 g/mol. The Morgan fingerprint density at radius 1 is 1.44 bits per heavy atom. The van der Waals surface area contributed by atoms with E-state index >= 15 is 0 Å². The molecule has 1 atom stereocenters. The molecule has 1 fully saturated rings. The lowest BCUT2D eigenvalue weighted by Crippen LogP contribution is -2.55. The number of aryl methyl sites for hydroxylation is 2. The predicted octanol–water partition coefficient (Wildman–Crippen LogP) is 0.781. The Hall–Kier alpha value is -1.36. The van der Waals surface area contributed by atoms with Gasteiger partial charge in [0, 0.05) is 45.0 Å². The van der Waals surface area contributed by atoms with Crippen LogP contribution < -0.4 is 0 Å². The van der Waals surface area contributed by atoms with Crippen molar-refractivity contribution in [1.29, 1.82) is 0 Å². The fourth-order valence-corrected chi connectivity index (χ4v) is 2.53. The lowest BCUT2D eigenvalue weighted by Gasteiger charge is -2.38. The summed E-state index contributed by atoms with van der Waals surface area (Å²) in [5.41, 5.74) is 2.26. The van der Waals surface area contributed by atoms with Gasteiger partial charge in [-0.25, -0.2) is 0 Å². The highest BCUT2D eigenvalue weighted by Gasteiger charge is 2.30. The third-order valence-corrected chi connectivity index (χ3v) is 3.74. The highest BCUT2D eigenvalue weighted by Crippen LogP contribution is 2.16. The minimum absolute atomic E-state index is 0.0293. The molecular weight excluding hydrogens is 228 g/mol. The van der Waals surface area contributed by atoms with Crippen LogP contribution in [-0.4, -0.2) is 51.2 Å². The van der Waals surface area contributed by atoms with Gasteiger partial charge in [0.05, 0.1) is 11.7 Å². The molecule has 0 spiro atoms. The van der Waals surface area contributed by atoms with Crippen LogP contribution in [0.15, 0.2) is 6.20 Å². The maximum absolute atomic E-state index is 12.1. The van der Waals surface area contributed by atoms with Crippen LogP contribution in [0.25, 0.3) is 0 Å². The molecule has 1 aromatic rings. The average Bonchev–Trinajstić information content (AvgIpc) is 2.64. The van der Waals surface area contributed by atoms with Crippen molar-refractivity contribution in [3.63, 3.8) is 0 Å². The highest BCUT2D eigenvalue weighted by atomic mass is 16.2. The van der Waals surface area contributed by atoms with E-state index in [1.54, 1.807) is 0 Å². The predicted molar refractivity (Wildman–Crippen MR) is 70.1 cm³/mol. The van der Waals surface area contributed by atoms with Gasteiger partial charge in [-0.15, -0.1) is 0 Å². The molecule has 1 aliphatic heterocycles. The molecule has 5 heteroatoms. The molecule has 1 amide bonds. The Morgan fingerprint density at radius 2 is 2.17 bits per heavy atom. The SMILES string of the molecule is CCN1CCN(Cc2cn(C)nc2C)C(C)C1=O. The van der Waals surface area contributed by atoms with E-state index in [-0.39, 0.29) is 11.9 Å². The lowest BCUT2D eigenvalue weighted by atomic mass is 10.1. The van der Waals surface area contributed by atoms with E-state index in [1.807, 2.05) is 43.6 Å². The van der Waals surface area contributed by atoms with Crippen molar-refractivity contribution in [2.24, 2.45) is 7.05 Å². The van der Waals surface area contributed by atoms with Crippen LogP contribution >= 0.6 is 0 Å². The molecule has 0 aliphatic carbocycles. The zero-order chi connectivity index (χ0) is 13.3. The Bertz CT molecular complexity index is 440. The molecule has 1 aliphatic rings. The number of rotatable bonds is 3. The molecule has 0 aromatic carbocycles. The number of aromatic nitrogens is 2. The van der Waals surface area contributed by atoms with Crippen LogP contribution in [0.4, 0.5) is 0 Å². The fourth-order valence-electron chi connectivity index (χ4n) is 2.53. The van der Waals surface area contributed by atoms with Gasteiger partial charge in [0.15, 0.2) is 0 Å². The van der Waals surface area contributed by atoms with Crippen molar-refractivity contribution >= 4 is 5.91 Å². The molecule has 2 rings (SSSR count). The molecule has 18 heavy (non-hydrogen) atoms. The molecule has 0 saturated carbocycles. The maximum atomic E-state index is 12.1. The van der Waals surface area contributed by atoms with Crippen molar-refractivity contribution in [2.75, 3.05) is 19.6 Å². The van der Waals surface area contributed by atoms with Crippen molar-refractivity contribution in [3.05, 3.63) is 17.5 Å². The summed E-state index contributed by atoms with van der Waals surface area (Å²) in [4.78, 5) is 16.3. The zero-order valence-corrected chi connectivity index (χ0v) is 11.7. The summed E-state index contributed by atoms with van der Waals surface area (Å²) in [5.74, 6) is 0.241. The van der Waals surface area contributed by atoms with Gasteiger partial charge < -0.3 is 4.90 Å². The Balaban J connectivity index is 2.07. The van der Waals surface area contributed by atoms with Crippen molar-refractivity contribution < 1.29 is 4.79 Å². The fraction of sp³-hybridized carbons (Fsp3) is 0.692. The van der Waals surface area contributed by atoms with Crippen LogP contribution in [0.3, 0.4) is 0 Å². The molecule has 1 aromatic heterocycles. The van der Waals surface area contributed by atoms with Crippen molar-refractivity contribution in [2.45, 2.75) is 33.4 Å². The second kappa shape index (κ2) is 5.10. The maximum Gasteiger partial charge on any atom is 0.239 e. The minimum atomic E-state index is -0.0293. The Morgan fingerprint density at radius 3 is 2.72 bits per heavy atom. The van der Waals surface area contributed by atoms with Crippen LogP contribution in [0.2, 0.25) is 0 Å². The first kappa shape index (κ1) is 13.1. The van der Waals surface area contributed by atoms with Crippen LogP contribution in [0.5, 0.6) is 0 Å². The second-order valence-corrected chi connectivity index (χ2v) is 4.98. The number of nitrogens with zero attached hydrogens (tertiary/aromatic N) is 4. The Kier molecular flexibility index (Phi) is 3.71. The zero-order valence-electron chi connectivity index (χ0n) is 11.7. The van der Waals surface area contributed by atoms with Gasteiger partial charge in [-0.1, -0.05) is 0 Å². The molecule has 1 saturated heterocycles. The van der Waals surface area contributed by atoms with Crippen LogP contribution in [0.1, 0.15) is 25.1 Å². The molecular formula is C13H22N4O. The van der Waals surface area contributed by atoms with Crippen molar-refractivity contribution in [1.82, 2.24) is 19.6 Å². The standard InChI is InChI=1S/C13H22N4O/c1-5-16-6-7-17(11(3)13(16)18)9-12-8-15(4)14-10(12)2/h8,11H,5-7,9H2,1-4H3. The summed E-state index contributed by atoms with van der Waals surface area (Å²) in [5, 5.41) is 4.35. The summed E-state index contributed by atoms with van der Waals surface area (Å²) in [6, 6.07) is -0.0293. The third-order valence-electron chi connectivity index (χ3n) is 3.74. The van der Waals surface area contributed by atoms with E-state index in [9.17, 15) is 4.79 Å². The molecule has 0 N–H and O–H groups in total. The van der Waals surface area contributed by atoms with Crippen LogP contribution in [0, 0.1) is 6.92 Å². The lowest BCUT2D eigenvalue weighted by molar-refractivity contribution is -0.141. The summed E-state index contributed by atoms with van der Waals surface area (Å²) in [6.45, 7) is 9.44. The number of carbonyl (C=O) groups excluding carboxylic acids is 1. The first-order chi connectivity index (χ1) is 8.52. The number of hydrogen-bond acceptors (Lipinski definition) is 3. The topological polar surface area (TPSA) is 41.4 Å². The van der Waals surface area contributed by atoms with Gasteiger partial charge in [0.2, 0.25) is 5.91 Å². The largest absolute Gasteiger partial charge is 0.340 e. The first-order valence-corrected chi connectivity index (χ1v) is 6.55. The average molecular weight is 250 g/mol. The van der Waals surface area contributed by atoms with Gasteiger partial charge in [-0.3, -0.25) is 14.4 Å². The number of likely N-dealkylation sites (N-methyl/N-ethyl adjacent to an activating group) is 1. The normalized spacial score (nSPS) is 21.7. The third kappa shape index (κ3) is 2.41. The van der Waals surface area contributed by atoms with E-state index < -0.39 is 0 Å². The molecule has 0 bridgehead atoms. The minimum Gasteiger partial charge on any atom is -0.340 e. The van der Waals surface area contributed by atoms with E-state index in [2.05, 4.69) is 10.00 Å². The van der Waals surface area contributed by atoms with Crippen LogP contribution in [-0.2, 0) is 18.4 Å². The van der Waals surface area contributed by atoms with Gasteiger partial charge in [0.1, 0.15) is 0 Å². The molecule has 100 valence electrons. The number of amides is 1. The summed E-state index contributed by atoms with van der Waals surface area (Å²) >= 11 is 0. The molecule has 5 nitrogen and oxygen atoms in total. The van der Waals surface area contributed by atoms with E-state index in [1.165, 1.54) is 5.56 Å². The first-order valence-electron chi connectivity index (χ1n) is 6.55. The molecule has 1 unspecified atom stereocenters. The summed E-state index contributed by atoms with van der Waals surface area (Å²) in [7, 11) is 1.93. The van der Waals surface area contributed by atoms with Crippen molar-refractivity contribution in [3.8, 4) is 0 Å². The second-order valence-electron chi connectivity index (χ2n) is 4.98. The summed E-state index contributed by atoms with van der Waals surface area (Å²) < 4.78 is 1.83. The smallest absolute Gasteiger partial charge is 0.239 e. The van der Waals surface area contributed by atoms with Gasteiger partial charge in [-0.2, -0.15) is 5.10 Å². The van der Waals surface area contributed by atoms with Gasteiger partial charge >= 0.3 is 0 Å². The number of carbonyl (C=O) groups is 1. The van der Waals surface area contributed by atoms with Gasteiger partial charge in [-0.05, 0) is 20.8 Å².